The van der Waals surface area contributed by atoms with Crippen molar-refractivity contribution >= 4 is 5.78 Å². The zero-order chi connectivity index (χ0) is 12.0. The number of Topliss-reactive ketones (excluding diaryl/α,β-unsaturated/α-hetero) is 1. The average molecular weight is 219 g/mol. The molecule has 1 rings (SSSR count). The molecule has 1 aromatic rings. The molecule has 2 heteroatoms. The number of carbonyl (C=O) groups excluding carboxylic acids is 1. The highest BCUT2D eigenvalue weighted by Gasteiger charge is 2.14. The molecule has 0 spiro atoms. The Labute approximate surface area is 97.9 Å². The van der Waals surface area contributed by atoms with E-state index in [1.165, 1.54) is 5.56 Å². The molecule has 0 saturated heterocycles. The molecule has 0 radical (unpaired) electrons. The van der Waals surface area contributed by atoms with Gasteiger partial charge in [0.1, 0.15) is 0 Å². The molecule has 0 saturated carbocycles. The van der Waals surface area contributed by atoms with E-state index in [1.807, 2.05) is 24.3 Å². The van der Waals surface area contributed by atoms with E-state index >= 15 is 0 Å². The van der Waals surface area contributed by atoms with Gasteiger partial charge in [0.05, 0.1) is 6.04 Å². The van der Waals surface area contributed by atoms with Crippen molar-refractivity contribution in [1.82, 2.24) is 0 Å². The second-order valence-corrected chi connectivity index (χ2v) is 4.16. The first kappa shape index (κ1) is 12.9. The van der Waals surface area contributed by atoms with Crippen molar-refractivity contribution in [3.8, 4) is 0 Å². The summed E-state index contributed by atoms with van der Waals surface area (Å²) in [6.45, 7) is 4.21. The summed E-state index contributed by atoms with van der Waals surface area (Å²) < 4.78 is 0. The lowest BCUT2D eigenvalue weighted by Gasteiger charge is -2.10. The van der Waals surface area contributed by atoms with Gasteiger partial charge in [-0.1, -0.05) is 51.0 Å². The van der Waals surface area contributed by atoms with Gasteiger partial charge in [0.2, 0.25) is 0 Å². The van der Waals surface area contributed by atoms with Crippen LogP contribution < -0.4 is 5.73 Å². The summed E-state index contributed by atoms with van der Waals surface area (Å²) in [4.78, 5) is 11.9. The van der Waals surface area contributed by atoms with Gasteiger partial charge >= 0.3 is 0 Å². The summed E-state index contributed by atoms with van der Waals surface area (Å²) in [6, 6.07) is 7.42. The highest BCUT2D eigenvalue weighted by molar-refractivity contribution is 5.99. The van der Waals surface area contributed by atoms with Gasteiger partial charge in [0, 0.05) is 5.56 Å². The number of aryl methyl sites for hydroxylation is 1. The van der Waals surface area contributed by atoms with Crippen LogP contribution in [0.2, 0.25) is 0 Å². The zero-order valence-electron chi connectivity index (χ0n) is 10.2. The standard InChI is InChI=1S/C14H21NO/c1-3-5-6-13(15)14(16)12-9-7-11(4-2)8-10-12/h7-10,13H,3-6,15H2,1-2H3. The van der Waals surface area contributed by atoms with E-state index in [0.29, 0.717) is 0 Å². The first-order valence-corrected chi connectivity index (χ1v) is 6.07. The molecule has 2 N–H and O–H groups in total. The van der Waals surface area contributed by atoms with Crippen LogP contribution in [-0.4, -0.2) is 11.8 Å². The molecule has 0 aliphatic carbocycles. The highest BCUT2D eigenvalue weighted by Crippen LogP contribution is 2.09. The summed E-state index contributed by atoms with van der Waals surface area (Å²) in [7, 11) is 0. The monoisotopic (exact) mass is 219 g/mol. The molecule has 0 heterocycles. The van der Waals surface area contributed by atoms with E-state index < -0.39 is 0 Å². The third-order valence-electron chi connectivity index (χ3n) is 2.85. The number of hydrogen-bond donors (Lipinski definition) is 1. The van der Waals surface area contributed by atoms with E-state index in [1.54, 1.807) is 0 Å². The maximum absolute atomic E-state index is 11.9. The van der Waals surface area contributed by atoms with Gasteiger partial charge in [-0.3, -0.25) is 4.79 Å². The minimum absolute atomic E-state index is 0.0658. The molecular formula is C14H21NO. The normalized spacial score (nSPS) is 12.4. The predicted octanol–water partition coefficient (Wildman–Crippen LogP) is 2.95. The Morgan fingerprint density at radius 1 is 1.25 bits per heavy atom. The number of nitrogens with two attached hydrogens (primary N) is 1. The quantitative estimate of drug-likeness (QED) is 0.747. The average Bonchev–Trinajstić information content (AvgIpc) is 2.35. The number of carbonyl (C=O) groups is 1. The van der Waals surface area contributed by atoms with Crippen LogP contribution in [-0.2, 0) is 6.42 Å². The first-order chi connectivity index (χ1) is 7.69. The summed E-state index contributed by atoms with van der Waals surface area (Å²) in [5.41, 5.74) is 7.84. The number of rotatable bonds is 6. The zero-order valence-corrected chi connectivity index (χ0v) is 10.2. The Morgan fingerprint density at radius 2 is 1.88 bits per heavy atom. The fraction of sp³-hybridized carbons (Fsp3) is 0.500. The summed E-state index contributed by atoms with van der Waals surface area (Å²) in [5.74, 6) is 0.0658. The number of hydrogen-bond acceptors (Lipinski definition) is 2. The number of unbranched alkanes of at least 4 members (excludes halogenated alkanes) is 1. The smallest absolute Gasteiger partial charge is 0.179 e. The van der Waals surface area contributed by atoms with Gasteiger partial charge in [-0.2, -0.15) is 0 Å². The van der Waals surface area contributed by atoms with Crippen molar-refractivity contribution in [3.05, 3.63) is 35.4 Å². The Balaban J connectivity index is 2.64. The molecule has 88 valence electrons. The van der Waals surface area contributed by atoms with Crippen molar-refractivity contribution in [2.75, 3.05) is 0 Å². The van der Waals surface area contributed by atoms with Crippen LogP contribution in [0.3, 0.4) is 0 Å². The Hall–Kier alpha value is -1.15. The van der Waals surface area contributed by atoms with Crippen LogP contribution in [0, 0.1) is 0 Å². The van der Waals surface area contributed by atoms with Crippen LogP contribution in [0.15, 0.2) is 24.3 Å². The van der Waals surface area contributed by atoms with Crippen molar-refractivity contribution in [2.24, 2.45) is 5.73 Å². The molecule has 0 amide bonds. The lowest BCUT2D eigenvalue weighted by molar-refractivity contribution is 0.0956. The summed E-state index contributed by atoms with van der Waals surface area (Å²) in [6.07, 6.45) is 3.87. The molecule has 16 heavy (non-hydrogen) atoms. The molecular weight excluding hydrogens is 198 g/mol. The highest BCUT2D eigenvalue weighted by atomic mass is 16.1. The van der Waals surface area contributed by atoms with Crippen LogP contribution >= 0.6 is 0 Å². The lowest BCUT2D eigenvalue weighted by Crippen LogP contribution is -2.30. The maximum Gasteiger partial charge on any atom is 0.179 e. The third-order valence-corrected chi connectivity index (χ3v) is 2.85. The molecule has 1 unspecified atom stereocenters. The fourth-order valence-corrected chi connectivity index (χ4v) is 1.67. The molecule has 0 aliphatic rings. The largest absolute Gasteiger partial charge is 0.321 e. The molecule has 1 aromatic carbocycles. The van der Waals surface area contributed by atoms with Gasteiger partial charge in [0.15, 0.2) is 5.78 Å². The van der Waals surface area contributed by atoms with Crippen LogP contribution in [0.4, 0.5) is 0 Å². The van der Waals surface area contributed by atoms with E-state index in [2.05, 4.69) is 13.8 Å². The summed E-state index contributed by atoms with van der Waals surface area (Å²) >= 11 is 0. The molecule has 0 aliphatic heterocycles. The van der Waals surface area contributed by atoms with E-state index in [4.69, 9.17) is 5.73 Å². The van der Waals surface area contributed by atoms with Gasteiger partial charge in [-0.25, -0.2) is 0 Å². The molecule has 1 atom stereocenters. The first-order valence-electron chi connectivity index (χ1n) is 6.07. The van der Waals surface area contributed by atoms with Crippen LogP contribution in [0.5, 0.6) is 0 Å². The van der Waals surface area contributed by atoms with Crippen molar-refractivity contribution in [3.63, 3.8) is 0 Å². The number of benzene rings is 1. The van der Waals surface area contributed by atoms with E-state index in [-0.39, 0.29) is 11.8 Å². The van der Waals surface area contributed by atoms with Gasteiger partial charge in [-0.15, -0.1) is 0 Å². The van der Waals surface area contributed by atoms with Crippen LogP contribution in [0.25, 0.3) is 0 Å². The molecule has 0 bridgehead atoms. The minimum atomic E-state index is -0.340. The Kier molecular flexibility index (Phi) is 5.20. The molecule has 0 aromatic heterocycles. The fourth-order valence-electron chi connectivity index (χ4n) is 1.67. The topological polar surface area (TPSA) is 43.1 Å². The van der Waals surface area contributed by atoms with Crippen molar-refractivity contribution in [1.29, 1.82) is 0 Å². The van der Waals surface area contributed by atoms with Gasteiger partial charge in [-0.05, 0) is 18.4 Å². The summed E-state index contributed by atoms with van der Waals surface area (Å²) in [5, 5.41) is 0. The Bertz CT molecular complexity index is 329. The Morgan fingerprint density at radius 3 is 2.38 bits per heavy atom. The van der Waals surface area contributed by atoms with Crippen LogP contribution in [0.1, 0.15) is 49.0 Å². The molecule has 2 nitrogen and oxygen atoms in total. The second kappa shape index (κ2) is 6.44. The van der Waals surface area contributed by atoms with Crippen molar-refractivity contribution in [2.45, 2.75) is 45.6 Å². The van der Waals surface area contributed by atoms with Gasteiger partial charge in [0.25, 0.3) is 0 Å². The van der Waals surface area contributed by atoms with Crippen molar-refractivity contribution < 1.29 is 4.79 Å². The lowest BCUT2D eigenvalue weighted by atomic mass is 9.99. The van der Waals surface area contributed by atoms with E-state index in [0.717, 1.165) is 31.2 Å². The molecule has 0 fully saturated rings. The third kappa shape index (κ3) is 3.46. The SMILES string of the molecule is CCCCC(N)C(=O)c1ccc(CC)cc1. The maximum atomic E-state index is 11.9. The van der Waals surface area contributed by atoms with E-state index in [9.17, 15) is 4.79 Å². The predicted molar refractivity (Wildman–Crippen MR) is 67.7 cm³/mol. The van der Waals surface area contributed by atoms with Gasteiger partial charge < -0.3 is 5.73 Å². The minimum Gasteiger partial charge on any atom is -0.321 e. The number of ketones is 1. The second-order valence-electron chi connectivity index (χ2n) is 4.16.